The zero-order chi connectivity index (χ0) is 28.3. The van der Waals surface area contributed by atoms with Gasteiger partial charge in [0, 0.05) is 27.7 Å². The SMILES string of the molecule is COC(=O)CCNC(=O)c1ccc([C@@H](CCC(C)(C)C)N2C(=O)C(c3cc(Cl)cc(Cl)c3)=NC2(C)C)cc1. The molecule has 0 aromatic heterocycles. The summed E-state index contributed by atoms with van der Waals surface area (Å²) in [5.41, 5.74) is 1.51. The number of hydrogen-bond acceptors (Lipinski definition) is 5. The van der Waals surface area contributed by atoms with Crippen molar-refractivity contribution in [3.05, 3.63) is 69.2 Å². The van der Waals surface area contributed by atoms with E-state index < -0.39 is 5.66 Å². The van der Waals surface area contributed by atoms with Crippen LogP contribution < -0.4 is 5.32 Å². The van der Waals surface area contributed by atoms with E-state index in [1.165, 1.54) is 7.11 Å². The van der Waals surface area contributed by atoms with Gasteiger partial charge < -0.3 is 15.0 Å². The Morgan fingerprint density at radius 1 is 1.08 bits per heavy atom. The Bertz CT molecular complexity index is 1210. The molecule has 0 radical (unpaired) electrons. The molecule has 1 heterocycles. The second kappa shape index (κ2) is 11.9. The van der Waals surface area contributed by atoms with Crippen LogP contribution in [0.3, 0.4) is 0 Å². The lowest BCUT2D eigenvalue weighted by molar-refractivity contribution is -0.140. The van der Waals surface area contributed by atoms with Crippen molar-refractivity contribution in [1.82, 2.24) is 10.2 Å². The molecule has 7 nitrogen and oxygen atoms in total. The minimum Gasteiger partial charge on any atom is -0.469 e. The molecule has 0 saturated carbocycles. The van der Waals surface area contributed by atoms with Gasteiger partial charge in [0.2, 0.25) is 0 Å². The van der Waals surface area contributed by atoms with Gasteiger partial charge in [0.25, 0.3) is 11.8 Å². The molecule has 204 valence electrons. The molecule has 2 amide bonds. The monoisotopic (exact) mass is 559 g/mol. The molecule has 3 rings (SSSR count). The Morgan fingerprint density at radius 3 is 2.24 bits per heavy atom. The molecule has 2 aromatic carbocycles. The van der Waals surface area contributed by atoms with Crippen LogP contribution in [0.1, 0.15) is 81.4 Å². The summed E-state index contributed by atoms with van der Waals surface area (Å²) in [5, 5.41) is 3.59. The summed E-state index contributed by atoms with van der Waals surface area (Å²) in [5.74, 6) is -0.869. The molecule has 38 heavy (non-hydrogen) atoms. The largest absolute Gasteiger partial charge is 0.469 e. The number of aliphatic imine (C=N–C) groups is 1. The van der Waals surface area contributed by atoms with E-state index in [1.807, 2.05) is 30.9 Å². The van der Waals surface area contributed by atoms with Gasteiger partial charge in [0.05, 0.1) is 19.6 Å². The number of rotatable bonds is 9. The van der Waals surface area contributed by atoms with Crippen LogP contribution in [0.25, 0.3) is 0 Å². The highest BCUT2D eigenvalue weighted by molar-refractivity contribution is 6.47. The molecule has 1 aliphatic heterocycles. The highest BCUT2D eigenvalue weighted by Crippen LogP contribution is 2.40. The molecule has 0 aliphatic carbocycles. The van der Waals surface area contributed by atoms with E-state index in [9.17, 15) is 14.4 Å². The molecule has 0 bridgehead atoms. The Morgan fingerprint density at radius 2 is 1.68 bits per heavy atom. The van der Waals surface area contributed by atoms with Gasteiger partial charge in [-0.1, -0.05) is 56.1 Å². The lowest BCUT2D eigenvalue weighted by Gasteiger charge is -2.38. The number of amides is 2. The number of methoxy groups -OCH3 is 1. The zero-order valence-corrected chi connectivity index (χ0v) is 24.2. The van der Waals surface area contributed by atoms with Crippen molar-refractivity contribution in [1.29, 1.82) is 0 Å². The van der Waals surface area contributed by atoms with E-state index in [4.69, 9.17) is 28.2 Å². The second-order valence-electron chi connectivity index (χ2n) is 11.1. The smallest absolute Gasteiger partial charge is 0.307 e. The molecule has 0 unspecified atom stereocenters. The maximum absolute atomic E-state index is 13.9. The van der Waals surface area contributed by atoms with Gasteiger partial charge in [-0.2, -0.15) is 0 Å². The quantitative estimate of drug-likeness (QED) is 0.369. The van der Waals surface area contributed by atoms with Gasteiger partial charge >= 0.3 is 5.97 Å². The first-order valence-electron chi connectivity index (χ1n) is 12.6. The summed E-state index contributed by atoms with van der Waals surface area (Å²) in [6.45, 7) is 10.5. The summed E-state index contributed by atoms with van der Waals surface area (Å²) in [6.07, 6.45) is 1.68. The van der Waals surface area contributed by atoms with Crippen molar-refractivity contribution in [3.8, 4) is 0 Å². The lowest BCUT2D eigenvalue weighted by Crippen LogP contribution is -2.45. The third-order valence-electron chi connectivity index (χ3n) is 6.41. The fraction of sp³-hybridized carbons (Fsp3) is 0.448. The Labute approximate surface area is 234 Å². The van der Waals surface area contributed by atoms with Crippen molar-refractivity contribution >= 4 is 46.7 Å². The number of benzene rings is 2. The normalized spacial score (nSPS) is 15.7. The van der Waals surface area contributed by atoms with E-state index in [0.717, 1.165) is 12.0 Å². The van der Waals surface area contributed by atoms with Gasteiger partial charge in [-0.25, -0.2) is 0 Å². The first kappa shape index (κ1) is 29.7. The van der Waals surface area contributed by atoms with Crippen LogP contribution in [0.4, 0.5) is 0 Å². The number of nitrogens with one attached hydrogen (secondary N) is 1. The number of halogens is 2. The van der Waals surface area contributed by atoms with Crippen LogP contribution in [-0.4, -0.2) is 47.7 Å². The number of hydrogen-bond donors (Lipinski definition) is 1. The number of ether oxygens (including phenoxy) is 1. The Balaban J connectivity index is 1.90. The number of carbonyl (C=O) groups is 3. The van der Waals surface area contributed by atoms with Crippen molar-refractivity contribution in [3.63, 3.8) is 0 Å². The minimum atomic E-state index is -0.812. The van der Waals surface area contributed by atoms with Gasteiger partial charge in [-0.15, -0.1) is 0 Å². The first-order valence-corrected chi connectivity index (χ1v) is 13.3. The van der Waals surface area contributed by atoms with Crippen molar-refractivity contribution < 1.29 is 19.1 Å². The number of esters is 1. The highest BCUT2D eigenvalue weighted by atomic mass is 35.5. The van der Waals surface area contributed by atoms with Crippen LogP contribution in [0, 0.1) is 5.41 Å². The van der Waals surface area contributed by atoms with Crippen LogP contribution in [0.15, 0.2) is 47.5 Å². The Hall–Kier alpha value is -2.90. The van der Waals surface area contributed by atoms with Gasteiger partial charge in [0.1, 0.15) is 11.4 Å². The fourth-order valence-corrected chi connectivity index (χ4v) is 5.02. The van der Waals surface area contributed by atoms with Crippen molar-refractivity contribution in [2.45, 2.75) is 65.6 Å². The average Bonchev–Trinajstić information content (AvgIpc) is 3.07. The Kier molecular flexibility index (Phi) is 9.26. The summed E-state index contributed by atoms with van der Waals surface area (Å²) >= 11 is 12.4. The third-order valence-corrected chi connectivity index (χ3v) is 6.85. The van der Waals surface area contributed by atoms with Gasteiger partial charge in [-0.3, -0.25) is 19.4 Å². The molecular weight excluding hydrogens is 525 g/mol. The van der Waals surface area contributed by atoms with E-state index in [2.05, 4.69) is 30.8 Å². The number of carbonyl (C=O) groups excluding carboxylic acids is 3. The molecule has 0 spiro atoms. The summed E-state index contributed by atoms with van der Waals surface area (Å²) in [7, 11) is 1.31. The number of nitrogens with zero attached hydrogens (tertiary/aromatic N) is 2. The van der Waals surface area contributed by atoms with Crippen LogP contribution in [0.2, 0.25) is 10.0 Å². The minimum absolute atomic E-state index is 0.0504. The van der Waals surface area contributed by atoms with Crippen LogP contribution >= 0.6 is 23.2 Å². The van der Waals surface area contributed by atoms with E-state index in [-0.39, 0.29) is 42.2 Å². The molecule has 0 saturated heterocycles. The van der Waals surface area contributed by atoms with Crippen LogP contribution in [-0.2, 0) is 14.3 Å². The highest BCUT2D eigenvalue weighted by Gasteiger charge is 2.45. The van der Waals surface area contributed by atoms with E-state index in [0.29, 0.717) is 33.3 Å². The maximum atomic E-state index is 13.9. The van der Waals surface area contributed by atoms with E-state index >= 15 is 0 Å². The molecule has 1 atom stereocenters. The van der Waals surface area contributed by atoms with Gasteiger partial charge in [-0.05, 0) is 68.0 Å². The molecule has 1 N–H and O–H groups in total. The summed E-state index contributed by atoms with van der Waals surface area (Å²) < 4.78 is 4.60. The van der Waals surface area contributed by atoms with Crippen molar-refractivity contribution in [2.24, 2.45) is 10.4 Å². The van der Waals surface area contributed by atoms with Crippen LogP contribution in [0.5, 0.6) is 0 Å². The molecule has 1 aliphatic rings. The molecule has 0 fully saturated rings. The summed E-state index contributed by atoms with van der Waals surface area (Å²) in [6, 6.07) is 12.0. The summed E-state index contributed by atoms with van der Waals surface area (Å²) in [4.78, 5) is 44.3. The second-order valence-corrected chi connectivity index (χ2v) is 12.0. The molecule has 2 aromatic rings. The predicted molar refractivity (Wildman–Crippen MR) is 151 cm³/mol. The predicted octanol–water partition coefficient (Wildman–Crippen LogP) is 6.22. The van der Waals surface area contributed by atoms with Gasteiger partial charge in [0.15, 0.2) is 0 Å². The third kappa shape index (κ3) is 7.35. The topological polar surface area (TPSA) is 88.1 Å². The molecular formula is C29H35Cl2N3O4. The maximum Gasteiger partial charge on any atom is 0.307 e. The average molecular weight is 561 g/mol. The lowest BCUT2D eigenvalue weighted by atomic mass is 9.86. The molecule has 9 heteroatoms. The standard InChI is InChI=1S/C29H35Cl2N3O4/c1-28(2,3)13-11-23(18-7-9-19(10-8-18)26(36)32-14-12-24(35)38-6)34-27(37)25(33-29(34,4)5)20-15-21(30)17-22(31)16-20/h7-10,15-17,23H,11-14H2,1-6H3,(H,32,36)/t23-/m1/s1. The zero-order valence-electron chi connectivity index (χ0n) is 22.7. The van der Waals surface area contributed by atoms with Crippen molar-refractivity contribution in [2.75, 3.05) is 13.7 Å². The first-order chi connectivity index (χ1) is 17.7. The van der Waals surface area contributed by atoms with E-state index in [1.54, 1.807) is 30.3 Å². The fourth-order valence-electron chi connectivity index (χ4n) is 4.49.